The van der Waals surface area contributed by atoms with Gasteiger partial charge in [0, 0.05) is 18.5 Å². The second-order valence-corrected chi connectivity index (χ2v) is 11.7. The Balaban J connectivity index is 2.06. The molecule has 1 aliphatic heterocycles. The summed E-state index contributed by atoms with van der Waals surface area (Å²) in [6.07, 6.45) is -0.818. The third kappa shape index (κ3) is 10.1. The van der Waals surface area contributed by atoms with Crippen LogP contribution in [0, 0.1) is 17.7 Å². The molecule has 1 aromatic rings. The Hall–Kier alpha value is -2.97. The average Bonchev–Trinajstić information content (AvgIpc) is 3.19. The van der Waals surface area contributed by atoms with E-state index in [1.807, 2.05) is 0 Å². The van der Waals surface area contributed by atoms with Gasteiger partial charge in [0.15, 0.2) is 5.44 Å². The molecule has 4 N–H and O–H groups in total. The average molecular weight is 561 g/mol. The van der Waals surface area contributed by atoms with Crippen molar-refractivity contribution in [2.24, 2.45) is 11.8 Å². The van der Waals surface area contributed by atoms with E-state index >= 15 is 0 Å². The van der Waals surface area contributed by atoms with Crippen molar-refractivity contribution in [2.45, 2.75) is 70.1 Å². The number of carbonyl (C=O) groups excluding carboxylic acids is 3. The Morgan fingerprint density at radius 3 is 2.53 bits per heavy atom. The number of hydrogen-bond acceptors (Lipinski definition) is 9. The standard InChI is InChI=1S/C24H36FN3O9S/c1-14(2)10-18(28-23(32)36-13-24(3,4)37-17-7-5-6-16(25)12-17)21(30)27-19(22(31)38(33,34)35)11-15-8-9-26-20(15)29/h5-7,12,14-15,18-19,22,31H,8-11,13H2,1-4H3,(H,26,29)(H,27,30)(H,28,32)(H,33,34,35)/p-1/t15-,18-,19-,22?/m0/s1. The van der Waals surface area contributed by atoms with E-state index in [9.17, 15) is 36.9 Å². The molecule has 14 heteroatoms. The van der Waals surface area contributed by atoms with Crippen LogP contribution in [0.2, 0.25) is 0 Å². The Bertz CT molecular complexity index is 1100. The summed E-state index contributed by atoms with van der Waals surface area (Å²) in [6, 6.07) is 2.64. The van der Waals surface area contributed by atoms with Crippen LogP contribution in [0.5, 0.6) is 5.75 Å². The predicted octanol–water partition coefficient (Wildman–Crippen LogP) is 0.999. The fourth-order valence-electron chi connectivity index (χ4n) is 3.91. The van der Waals surface area contributed by atoms with Gasteiger partial charge in [-0.3, -0.25) is 9.59 Å². The van der Waals surface area contributed by atoms with Gasteiger partial charge in [-0.25, -0.2) is 17.6 Å². The number of ether oxygens (including phenoxy) is 2. The number of carbonyl (C=O) groups is 3. The van der Waals surface area contributed by atoms with E-state index in [4.69, 9.17) is 9.47 Å². The zero-order valence-corrected chi connectivity index (χ0v) is 22.5. The van der Waals surface area contributed by atoms with Crippen LogP contribution in [-0.4, -0.2) is 72.3 Å². The van der Waals surface area contributed by atoms with E-state index in [2.05, 4.69) is 16.0 Å². The summed E-state index contributed by atoms with van der Waals surface area (Å²) in [7, 11) is -5.22. The minimum Gasteiger partial charge on any atom is -0.746 e. The molecule has 2 rings (SSSR count). The molecule has 214 valence electrons. The number of benzene rings is 1. The first-order valence-electron chi connectivity index (χ1n) is 12.2. The van der Waals surface area contributed by atoms with Crippen molar-refractivity contribution < 1.29 is 46.3 Å². The van der Waals surface area contributed by atoms with Crippen molar-refractivity contribution in [3.63, 3.8) is 0 Å². The largest absolute Gasteiger partial charge is 0.746 e. The summed E-state index contributed by atoms with van der Waals surface area (Å²) in [5.74, 6) is -2.34. The van der Waals surface area contributed by atoms with E-state index < -0.39 is 57.0 Å². The number of alkyl carbamates (subject to hydrolysis) is 1. The summed E-state index contributed by atoms with van der Waals surface area (Å²) in [6.45, 7) is 6.85. The third-order valence-electron chi connectivity index (χ3n) is 5.73. The monoisotopic (exact) mass is 560 g/mol. The highest BCUT2D eigenvalue weighted by Gasteiger charge is 2.35. The minimum absolute atomic E-state index is 0.106. The number of hydrogen-bond donors (Lipinski definition) is 4. The normalized spacial score (nSPS) is 18.3. The second kappa shape index (κ2) is 13.2. The molecule has 0 saturated carbocycles. The van der Waals surface area contributed by atoms with Crippen LogP contribution in [0.4, 0.5) is 9.18 Å². The first-order valence-corrected chi connectivity index (χ1v) is 13.6. The molecule has 4 atom stereocenters. The third-order valence-corrected chi connectivity index (χ3v) is 6.65. The van der Waals surface area contributed by atoms with Crippen LogP contribution in [0.15, 0.2) is 24.3 Å². The van der Waals surface area contributed by atoms with Gasteiger partial charge in [0.1, 0.15) is 39.9 Å². The smallest absolute Gasteiger partial charge is 0.407 e. The zero-order chi connectivity index (χ0) is 28.7. The fraction of sp³-hybridized carbons (Fsp3) is 0.625. The van der Waals surface area contributed by atoms with E-state index in [-0.39, 0.29) is 37.0 Å². The van der Waals surface area contributed by atoms with Crippen molar-refractivity contribution in [2.75, 3.05) is 13.2 Å². The Labute approximate surface area is 221 Å². The Morgan fingerprint density at radius 1 is 1.29 bits per heavy atom. The molecule has 0 radical (unpaired) electrons. The molecule has 3 amide bonds. The highest BCUT2D eigenvalue weighted by atomic mass is 32.2. The molecule has 0 aromatic heterocycles. The predicted molar refractivity (Wildman–Crippen MR) is 132 cm³/mol. The second-order valence-electron chi connectivity index (χ2n) is 10.2. The molecule has 0 spiro atoms. The van der Waals surface area contributed by atoms with Gasteiger partial charge in [-0.15, -0.1) is 0 Å². The maximum Gasteiger partial charge on any atom is 0.407 e. The van der Waals surface area contributed by atoms with E-state index in [1.54, 1.807) is 27.7 Å². The van der Waals surface area contributed by atoms with Crippen molar-refractivity contribution in [1.82, 2.24) is 16.0 Å². The summed E-state index contributed by atoms with van der Waals surface area (Å²) in [5, 5.41) is 17.4. The first-order chi connectivity index (χ1) is 17.6. The minimum atomic E-state index is -5.22. The van der Waals surface area contributed by atoms with Crippen LogP contribution < -0.4 is 20.7 Å². The van der Waals surface area contributed by atoms with Gasteiger partial charge in [0.05, 0.1) is 6.04 Å². The quantitative estimate of drug-likeness (QED) is 0.256. The number of rotatable bonds is 13. The number of aliphatic hydroxyl groups is 1. The molecule has 1 aromatic carbocycles. The lowest BCUT2D eigenvalue weighted by Crippen LogP contribution is -2.55. The van der Waals surface area contributed by atoms with Crippen molar-refractivity contribution in [3.05, 3.63) is 30.1 Å². The fourth-order valence-corrected chi connectivity index (χ4v) is 4.49. The van der Waals surface area contributed by atoms with Gasteiger partial charge >= 0.3 is 6.09 Å². The van der Waals surface area contributed by atoms with E-state index in [1.165, 1.54) is 24.3 Å². The highest BCUT2D eigenvalue weighted by molar-refractivity contribution is 7.86. The van der Waals surface area contributed by atoms with Crippen molar-refractivity contribution in [3.8, 4) is 5.75 Å². The van der Waals surface area contributed by atoms with Crippen LogP contribution >= 0.6 is 0 Å². The van der Waals surface area contributed by atoms with E-state index in [0.717, 1.165) is 0 Å². The van der Waals surface area contributed by atoms with Gasteiger partial charge in [0.25, 0.3) is 0 Å². The maximum absolute atomic E-state index is 13.4. The van der Waals surface area contributed by atoms with Crippen LogP contribution in [0.3, 0.4) is 0 Å². The molecule has 1 heterocycles. The number of nitrogens with one attached hydrogen (secondary N) is 3. The van der Waals surface area contributed by atoms with Gasteiger partial charge in [-0.05, 0) is 51.2 Å². The topological polar surface area (TPSA) is 183 Å². The number of aliphatic hydroxyl groups excluding tert-OH is 1. The zero-order valence-electron chi connectivity index (χ0n) is 21.7. The molecule has 1 fully saturated rings. The summed E-state index contributed by atoms with van der Waals surface area (Å²) < 4.78 is 58.7. The molecule has 38 heavy (non-hydrogen) atoms. The van der Waals surface area contributed by atoms with Crippen LogP contribution in [-0.2, 0) is 24.4 Å². The van der Waals surface area contributed by atoms with Crippen molar-refractivity contribution in [1.29, 1.82) is 0 Å². The molecule has 1 aliphatic rings. The summed E-state index contributed by atoms with van der Waals surface area (Å²) in [5.41, 5.74) is -3.55. The highest BCUT2D eigenvalue weighted by Crippen LogP contribution is 2.21. The SMILES string of the molecule is CC(C)C[C@H](NC(=O)OCC(C)(C)Oc1cccc(F)c1)C(=O)N[C@@H](C[C@@H]1CCNC1=O)C(O)S(=O)(=O)[O-]. The lowest BCUT2D eigenvalue weighted by Gasteiger charge is -2.30. The molecule has 12 nitrogen and oxygen atoms in total. The molecule has 0 aliphatic carbocycles. The van der Waals surface area contributed by atoms with E-state index in [0.29, 0.717) is 13.0 Å². The molecule has 1 unspecified atom stereocenters. The number of amides is 3. The van der Waals surface area contributed by atoms with Gasteiger partial charge in [-0.1, -0.05) is 19.9 Å². The number of halogens is 1. The maximum atomic E-state index is 13.4. The molecular formula is C24H35FN3O9S-. The summed E-state index contributed by atoms with van der Waals surface area (Å²) in [4.78, 5) is 37.5. The lowest BCUT2D eigenvalue weighted by molar-refractivity contribution is -0.126. The molecule has 0 bridgehead atoms. The van der Waals surface area contributed by atoms with Crippen LogP contribution in [0.1, 0.15) is 47.0 Å². The van der Waals surface area contributed by atoms with Gasteiger partial charge < -0.3 is 35.1 Å². The molecule has 1 saturated heterocycles. The first kappa shape index (κ1) is 31.2. The summed E-state index contributed by atoms with van der Waals surface area (Å²) >= 11 is 0. The van der Waals surface area contributed by atoms with Crippen molar-refractivity contribution >= 4 is 28.0 Å². The Kier molecular flexibility index (Phi) is 10.9. The van der Waals surface area contributed by atoms with Gasteiger partial charge in [-0.2, -0.15) is 0 Å². The van der Waals surface area contributed by atoms with Crippen LogP contribution in [0.25, 0.3) is 0 Å². The van der Waals surface area contributed by atoms with Gasteiger partial charge in [0.2, 0.25) is 11.8 Å². The Morgan fingerprint density at radius 2 is 1.97 bits per heavy atom. The lowest BCUT2D eigenvalue weighted by atomic mass is 9.97. The molecular weight excluding hydrogens is 525 g/mol.